The molecule has 0 spiro atoms. The van der Waals surface area contributed by atoms with Crippen molar-refractivity contribution in [2.24, 2.45) is 0 Å². The highest BCUT2D eigenvalue weighted by atomic mass is 35.5. The molecule has 0 bridgehead atoms. The molecule has 0 unspecified atom stereocenters. The molecule has 0 amide bonds. The van der Waals surface area contributed by atoms with Gasteiger partial charge in [0.25, 0.3) is 0 Å². The molecule has 0 aliphatic carbocycles. The molecule has 0 fully saturated rings. The molecule has 0 saturated heterocycles. The van der Waals surface area contributed by atoms with E-state index in [1.807, 2.05) is 75.4 Å². The Labute approximate surface area is 174 Å². The summed E-state index contributed by atoms with van der Waals surface area (Å²) >= 11 is 6.42. The smallest absolute Gasteiger partial charge is 0.235 e. The largest absolute Gasteiger partial charge is 0.481 e. The van der Waals surface area contributed by atoms with E-state index in [9.17, 15) is 4.79 Å². The van der Waals surface area contributed by atoms with Crippen molar-refractivity contribution in [2.75, 3.05) is 0 Å². The summed E-state index contributed by atoms with van der Waals surface area (Å²) in [5.74, 6) is 0.531. The van der Waals surface area contributed by atoms with E-state index in [2.05, 4.69) is 0 Å². The van der Waals surface area contributed by atoms with Crippen molar-refractivity contribution in [1.82, 2.24) is 0 Å². The Morgan fingerprint density at radius 1 is 0.931 bits per heavy atom. The Morgan fingerprint density at radius 2 is 1.66 bits per heavy atom. The van der Waals surface area contributed by atoms with E-state index in [0.29, 0.717) is 27.3 Å². The van der Waals surface area contributed by atoms with Crippen LogP contribution in [0.3, 0.4) is 0 Å². The Bertz CT molecular complexity index is 1250. The first-order valence-electron chi connectivity index (χ1n) is 9.45. The van der Waals surface area contributed by atoms with Crippen LogP contribution < -0.4 is 10.2 Å². The van der Waals surface area contributed by atoms with Crippen LogP contribution in [0.5, 0.6) is 5.75 Å². The number of rotatable bonds is 4. The highest BCUT2D eigenvalue weighted by Crippen LogP contribution is 2.36. The molecule has 146 valence electrons. The molecular formula is C25H21ClO3. The Hall–Kier alpha value is -3.04. The van der Waals surface area contributed by atoms with Crippen LogP contribution in [0.2, 0.25) is 5.02 Å². The molecule has 0 aliphatic heterocycles. The minimum absolute atomic E-state index is 0.177. The third-order valence-electron chi connectivity index (χ3n) is 4.90. The van der Waals surface area contributed by atoms with Gasteiger partial charge in [-0.2, -0.15) is 0 Å². The monoisotopic (exact) mass is 404 g/mol. The predicted octanol–water partition coefficient (Wildman–Crippen LogP) is 6.62. The average Bonchev–Trinajstić information content (AvgIpc) is 2.69. The van der Waals surface area contributed by atoms with Crippen molar-refractivity contribution >= 4 is 22.6 Å². The van der Waals surface area contributed by atoms with Gasteiger partial charge in [0, 0.05) is 5.56 Å². The third kappa shape index (κ3) is 3.79. The van der Waals surface area contributed by atoms with Crippen LogP contribution >= 0.6 is 11.6 Å². The Morgan fingerprint density at radius 3 is 2.38 bits per heavy atom. The molecule has 4 heteroatoms. The molecular weight excluding hydrogens is 384 g/mol. The highest BCUT2D eigenvalue weighted by Gasteiger charge is 2.20. The van der Waals surface area contributed by atoms with Crippen LogP contribution in [0.4, 0.5) is 0 Å². The maximum Gasteiger partial charge on any atom is 0.235 e. The summed E-state index contributed by atoms with van der Waals surface area (Å²) in [7, 11) is 0. The fraction of sp³-hybridized carbons (Fsp3) is 0.160. The number of benzene rings is 3. The summed E-state index contributed by atoms with van der Waals surface area (Å²) in [6, 6.07) is 19.1. The van der Waals surface area contributed by atoms with E-state index in [1.165, 1.54) is 5.56 Å². The molecule has 29 heavy (non-hydrogen) atoms. The zero-order valence-corrected chi connectivity index (χ0v) is 17.3. The van der Waals surface area contributed by atoms with Gasteiger partial charge in [-0.05, 0) is 55.7 Å². The molecule has 4 rings (SSSR count). The molecule has 0 saturated carbocycles. The van der Waals surface area contributed by atoms with E-state index in [0.717, 1.165) is 16.7 Å². The van der Waals surface area contributed by atoms with Crippen LogP contribution in [0, 0.1) is 20.8 Å². The van der Waals surface area contributed by atoms with Crippen LogP contribution in [0.25, 0.3) is 22.3 Å². The maximum absolute atomic E-state index is 13.4. The molecule has 0 aliphatic rings. The van der Waals surface area contributed by atoms with E-state index < -0.39 is 0 Å². The van der Waals surface area contributed by atoms with Crippen molar-refractivity contribution in [3.05, 3.63) is 98.2 Å². The van der Waals surface area contributed by atoms with Crippen molar-refractivity contribution in [3.63, 3.8) is 0 Å². The molecule has 1 heterocycles. The third-order valence-corrected chi connectivity index (χ3v) is 5.23. The quantitative estimate of drug-likeness (QED) is 0.383. The fourth-order valence-corrected chi connectivity index (χ4v) is 3.65. The summed E-state index contributed by atoms with van der Waals surface area (Å²) in [5.41, 5.74) is 5.03. The number of hydrogen-bond acceptors (Lipinski definition) is 3. The van der Waals surface area contributed by atoms with Gasteiger partial charge in [0.15, 0.2) is 5.76 Å². The van der Waals surface area contributed by atoms with E-state index in [1.54, 1.807) is 6.07 Å². The molecule has 3 nitrogen and oxygen atoms in total. The second-order valence-corrected chi connectivity index (χ2v) is 7.71. The van der Waals surface area contributed by atoms with Crippen LogP contribution in [0.15, 0.2) is 69.9 Å². The number of hydrogen-bond donors (Lipinski definition) is 0. The van der Waals surface area contributed by atoms with Gasteiger partial charge in [-0.15, -0.1) is 0 Å². The van der Waals surface area contributed by atoms with Gasteiger partial charge in [0.1, 0.15) is 12.2 Å². The topological polar surface area (TPSA) is 39.4 Å². The molecule has 0 atom stereocenters. The van der Waals surface area contributed by atoms with Gasteiger partial charge >= 0.3 is 0 Å². The SMILES string of the molecule is Cc1ccc(COc2c(-c3ccccc3Cl)oc3c(C)cc(C)cc3c2=O)cc1. The minimum Gasteiger partial charge on any atom is -0.481 e. The lowest BCUT2D eigenvalue weighted by atomic mass is 10.1. The summed E-state index contributed by atoms with van der Waals surface area (Å²) in [4.78, 5) is 13.4. The minimum atomic E-state index is -0.194. The summed E-state index contributed by atoms with van der Waals surface area (Å²) < 4.78 is 12.3. The number of ether oxygens (including phenoxy) is 1. The van der Waals surface area contributed by atoms with E-state index >= 15 is 0 Å². The van der Waals surface area contributed by atoms with Crippen molar-refractivity contribution in [3.8, 4) is 17.1 Å². The highest BCUT2D eigenvalue weighted by molar-refractivity contribution is 6.33. The van der Waals surface area contributed by atoms with Crippen LogP contribution in [-0.2, 0) is 6.61 Å². The average molecular weight is 405 g/mol. The molecule has 1 aromatic heterocycles. The Kier molecular flexibility index (Phi) is 5.16. The first-order valence-corrected chi connectivity index (χ1v) is 9.83. The molecule has 0 N–H and O–H groups in total. The van der Waals surface area contributed by atoms with E-state index in [4.69, 9.17) is 20.8 Å². The van der Waals surface area contributed by atoms with Crippen LogP contribution in [0.1, 0.15) is 22.3 Å². The summed E-state index contributed by atoms with van der Waals surface area (Å²) in [5, 5.41) is 1.01. The summed E-state index contributed by atoms with van der Waals surface area (Å²) in [6.45, 7) is 6.18. The lowest BCUT2D eigenvalue weighted by Crippen LogP contribution is -2.11. The molecule has 0 radical (unpaired) electrons. The first kappa shape index (κ1) is 19.3. The van der Waals surface area contributed by atoms with Gasteiger partial charge in [-0.1, -0.05) is 59.6 Å². The Balaban J connectivity index is 1.91. The molecule has 3 aromatic carbocycles. The second-order valence-electron chi connectivity index (χ2n) is 7.30. The van der Waals surface area contributed by atoms with Gasteiger partial charge in [0.05, 0.1) is 10.4 Å². The fourth-order valence-electron chi connectivity index (χ4n) is 3.43. The molecule has 4 aromatic rings. The lowest BCUT2D eigenvalue weighted by Gasteiger charge is -2.14. The van der Waals surface area contributed by atoms with Gasteiger partial charge in [-0.3, -0.25) is 4.79 Å². The zero-order chi connectivity index (χ0) is 20.5. The van der Waals surface area contributed by atoms with Gasteiger partial charge in [0.2, 0.25) is 11.2 Å². The van der Waals surface area contributed by atoms with Crippen molar-refractivity contribution < 1.29 is 9.15 Å². The second kappa shape index (κ2) is 7.76. The number of aryl methyl sites for hydroxylation is 3. The summed E-state index contributed by atoms with van der Waals surface area (Å²) in [6.07, 6.45) is 0. The van der Waals surface area contributed by atoms with Crippen molar-refractivity contribution in [1.29, 1.82) is 0 Å². The van der Waals surface area contributed by atoms with Gasteiger partial charge in [-0.25, -0.2) is 0 Å². The first-order chi connectivity index (χ1) is 13.9. The predicted molar refractivity (Wildman–Crippen MR) is 118 cm³/mol. The standard InChI is InChI=1S/C25H21ClO3/c1-15-8-10-18(11-9-15)14-28-25-22(27)20-13-16(2)12-17(3)23(20)29-24(25)19-6-4-5-7-21(19)26/h4-13H,14H2,1-3H3. The van der Waals surface area contributed by atoms with Crippen LogP contribution in [-0.4, -0.2) is 0 Å². The van der Waals surface area contributed by atoms with Crippen molar-refractivity contribution in [2.45, 2.75) is 27.4 Å². The normalized spacial score (nSPS) is 11.0. The number of fused-ring (bicyclic) bond motifs is 1. The zero-order valence-electron chi connectivity index (χ0n) is 16.6. The van der Waals surface area contributed by atoms with E-state index in [-0.39, 0.29) is 17.8 Å². The number of halogens is 1. The van der Waals surface area contributed by atoms with Gasteiger partial charge < -0.3 is 9.15 Å². The lowest BCUT2D eigenvalue weighted by molar-refractivity contribution is 0.298. The maximum atomic E-state index is 13.4.